The average Bonchev–Trinajstić information content (AvgIpc) is 2.68. The second-order valence-corrected chi connectivity index (χ2v) is 6.69. The standard InChI is InChI=1S/C19H23N5O3/c1-21(2)19-13-22(14-25)10-11-23(19)16-8-9-18(24(26)27)17(12-16)20-15-6-4-3-5-7-15/h3-9,12,14,19-20H,10-11,13H2,1-2H3. The largest absolute Gasteiger partial charge is 0.352 e. The van der Waals surface area contributed by atoms with Crippen LogP contribution >= 0.6 is 0 Å². The first-order valence-electron chi connectivity index (χ1n) is 8.72. The van der Waals surface area contributed by atoms with Crippen LogP contribution in [0.1, 0.15) is 0 Å². The highest BCUT2D eigenvalue weighted by Crippen LogP contribution is 2.33. The molecule has 142 valence electrons. The van der Waals surface area contributed by atoms with Crippen LogP contribution in [0.2, 0.25) is 0 Å². The first-order valence-corrected chi connectivity index (χ1v) is 8.72. The van der Waals surface area contributed by atoms with E-state index in [9.17, 15) is 14.9 Å². The molecule has 1 unspecified atom stereocenters. The molecule has 0 aliphatic carbocycles. The lowest BCUT2D eigenvalue weighted by molar-refractivity contribution is -0.383. The molecular weight excluding hydrogens is 346 g/mol. The molecule has 0 saturated carbocycles. The van der Waals surface area contributed by atoms with Gasteiger partial charge >= 0.3 is 0 Å². The van der Waals surface area contributed by atoms with E-state index < -0.39 is 0 Å². The zero-order valence-corrected chi connectivity index (χ0v) is 15.4. The van der Waals surface area contributed by atoms with Crippen molar-refractivity contribution in [2.45, 2.75) is 6.17 Å². The minimum Gasteiger partial charge on any atom is -0.352 e. The molecule has 0 bridgehead atoms. The third kappa shape index (κ3) is 4.17. The fourth-order valence-corrected chi connectivity index (χ4v) is 3.26. The minimum absolute atomic E-state index is 0.00465. The number of likely N-dealkylation sites (N-methyl/N-ethyl adjacent to an activating group) is 1. The maximum absolute atomic E-state index is 11.5. The summed E-state index contributed by atoms with van der Waals surface area (Å²) in [6.45, 7) is 1.85. The Morgan fingerprint density at radius 2 is 1.93 bits per heavy atom. The number of nitro benzene ring substituents is 1. The molecule has 1 atom stereocenters. The summed E-state index contributed by atoms with van der Waals surface area (Å²) in [6.07, 6.45) is 0.862. The minimum atomic E-state index is -0.386. The number of benzene rings is 2. The van der Waals surface area contributed by atoms with E-state index in [0.29, 0.717) is 25.3 Å². The number of anilines is 3. The van der Waals surface area contributed by atoms with Crippen molar-refractivity contribution in [1.29, 1.82) is 0 Å². The van der Waals surface area contributed by atoms with E-state index in [1.54, 1.807) is 17.0 Å². The Balaban J connectivity index is 1.94. The number of para-hydroxylation sites is 1. The molecule has 1 aliphatic rings. The summed E-state index contributed by atoms with van der Waals surface area (Å²) < 4.78 is 0. The number of hydrogen-bond donors (Lipinski definition) is 1. The summed E-state index contributed by atoms with van der Waals surface area (Å²) >= 11 is 0. The van der Waals surface area contributed by atoms with Gasteiger partial charge in [-0.05, 0) is 38.4 Å². The van der Waals surface area contributed by atoms with E-state index in [4.69, 9.17) is 0 Å². The fraction of sp³-hybridized carbons (Fsp3) is 0.316. The van der Waals surface area contributed by atoms with Crippen LogP contribution in [0.3, 0.4) is 0 Å². The van der Waals surface area contributed by atoms with Crippen LogP contribution in [0.15, 0.2) is 48.5 Å². The van der Waals surface area contributed by atoms with Crippen LogP contribution in [0.4, 0.5) is 22.7 Å². The summed E-state index contributed by atoms with van der Waals surface area (Å²) in [4.78, 5) is 28.2. The molecular formula is C19H23N5O3. The lowest BCUT2D eigenvalue weighted by Gasteiger charge is -2.44. The Morgan fingerprint density at radius 3 is 2.56 bits per heavy atom. The number of piperazine rings is 1. The number of amides is 1. The average molecular weight is 369 g/mol. The molecule has 0 aromatic heterocycles. The smallest absolute Gasteiger partial charge is 0.292 e. The molecule has 0 radical (unpaired) electrons. The lowest BCUT2D eigenvalue weighted by Crippen LogP contribution is -2.58. The van der Waals surface area contributed by atoms with Gasteiger partial charge in [-0.25, -0.2) is 0 Å². The van der Waals surface area contributed by atoms with Crippen molar-refractivity contribution in [3.63, 3.8) is 0 Å². The van der Waals surface area contributed by atoms with Crippen LogP contribution in [-0.4, -0.2) is 61.0 Å². The zero-order chi connectivity index (χ0) is 19.4. The second-order valence-electron chi connectivity index (χ2n) is 6.69. The Morgan fingerprint density at radius 1 is 1.19 bits per heavy atom. The first-order chi connectivity index (χ1) is 13.0. The predicted molar refractivity (Wildman–Crippen MR) is 105 cm³/mol. The SMILES string of the molecule is CN(C)C1CN(C=O)CCN1c1ccc([N+](=O)[O-])c(Nc2ccccc2)c1. The van der Waals surface area contributed by atoms with Gasteiger partial charge < -0.3 is 15.1 Å². The topological polar surface area (TPSA) is 82.0 Å². The molecule has 3 rings (SSSR count). The summed E-state index contributed by atoms with van der Waals surface area (Å²) in [5, 5.41) is 14.6. The van der Waals surface area contributed by atoms with Crippen LogP contribution in [-0.2, 0) is 4.79 Å². The molecule has 1 aliphatic heterocycles. The van der Waals surface area contributed by atoms with Crippen LogP contribution < -0.4 is 10.2 Å². The lowest BCUT2D eigenvalue weighted by atomic mass is 10.1. The molecule has 1 N–H and O–H groups in total. The summed E-state index contributed by atoms with van der Waals surface area (Å²) in [5.41, 5.74) is 2.13. The first kappa shape index (κ1) is 18.7. The van der Waals surface area contributed by atoms with Crippen LogP contribution in [0, 0.1) is 10.1 Å². The van der Waals surface area contributed by atoms with Crippen molar-refractivity contribution in [2.75, 3.05) is 43.9 Å². The molecule has 8 nitrogen and oxygen atoms in total. The highest BCUT2D eigenvalue weighted by atomic mass is 16.6. The quantitative estimate of drug-likeness (QED) is 0.479. The molecule has 2 aromatic carbocycles. The molecule has 1 fully saturated rings. The van der Waals surface area contributed by atoms with Gasteiger partial charge in [-0.1, -0.05) is 18.2 Å². The van der Waals surface area contributed by atoms with E-state index in [-0.39, 0.29) is 16.8 Å². The second kappa shape index (κ2) is 8.05. The van der Waals surface area contributed by atoms with Crippen molar-refractivity contribution in [3.8, 4) is 0 Å². The van der Waals surface area contributed by atoms with Crippen molar-refractivity contribution < 1.29 is 9.72 Å². The van der Waals surface area contributed by atoms with Crippen LogP contribution in [0.25, 0.3) is 0 Å². The molecule has 0 spiro atoms. The van der Waals surface area contributed by atoms with Gasteiger partial charge in [0, 0.05) is 30.5 Å². The molecule has 1 heterocycles. The van der Waals surface area contributed by atoms with Gasteiger partial charge in [0.2, 0.25) is 6.41 Å². The highest BCUT2D eigenvalue weighted by Gasteiger charge is 2.29. The highest BCUT2D eigenvalue weighted by molar-refractivity contribution is 5.74. The van der Waals surface area contributed by atoms with E-state index in [1.165, 1.54) is 6.07 Å². The molecule has 1 saturated heterocycles. The van der Waals surface area contributed by atoms with Gasteiger partial charge in [0.1, 0.15) is 5.69 Å². The van der Waals surface area contributed by atoms with Gasteiger partial charge in [0.25, 0.3) is 5.69 Å². The van der Waals surface area contributed by atoms with Crippen molar-refractivity contribution in [3.05, 3.63) is 58.6 Å². The number of nitro groups is 1. The number of carbonyl (C=O) groups excluding carboxylic acids is 1. The Labute approximate surface area is 158 Å². The van der Waals surface area contributed by atoms with Gasteiger partial charge in [0.15, 0.2) is 0 Å². The van der Waals surface area contributed by atoms with Crippen molar-refractivity contribution in [1.82, 2.24) is 9.80 Å². The third-order valence-corrected chi connectivity index (χ3v) is 4.69. The Kier molecular flexibility index (Phi) is 5.56. The number of carbonyl (C=O) groups is 1. The van der Waals surface area contributed by atoms with E-state index in [0.717, 1.165) is 17.8 Å². The summed E-state index contributed by atoms with van der Waals surface area (Å²) in [5.74, 6) is 0. The monoisotopic (exact) mass is 369 g/mol. The van der Waals surface area contributed by atoms with E-state index >= 15 is 0 Å². The van der Waals surface area contributed by atoms with E-state index in [2.05, 4.69) is 10.2 Å². The zero-order valence-electron chi connectivity index (χ0n) is 15.4. The van der Waals surface area contributed by atoms with Gasteiger partial charge in [-0.15, -0.1) is 0 Å². The number of rotatable bonds is 6. The maximum Gasteiger partial charge on any atom is 0.292 e. The van der Waals surface area contributed by atoms with Crippen molar-refractivity contribution in [2.24, 2.45) is 0 Å². The molecule has 2 aromatic rings. The summed E-state index contributed by atoms with van der Waals surface area (Å²) in [6, 6.07) is 14.5. The number of nitrogens with one attached hydrogen (secondary N) is 1. The summed E-state index contributed by atoms with van der Waals surface area (Å²) in [7, 11) is 3.92. The maximum atomic E-state index is 11.5. The molecule has 1 amide bonds. The predicted octanol–water partition coefficient (Wildman–Crippen LogP) is 2.50. The Bertz CT molecular complexity index is 812. The number of hydrogen-bond acceptors (Lipinski definition) is 6. The van der Waals surface area contributed by atoms with Gasteiger partial charge in [0.05, 0.1) is 17.6 Å². The fourth-order valence-electron chi connectivity index (χ4n) is 3.26. The number of nitrogens with zero attached hydrogens (tertiary/aromatic N) is 4. The van der Waals surface area contributed by atoms with Crippen LogP contribution in [0.5, 0.6) is 0 Å². The Hall–Kier alpha value is -3.13. The van der Waals surface area contributed by atoms with E-state index in [1.807, 2.05) is 49.3 Å². The van der Waals surface area contributed by atoms with Gasteiger partial charge in [-0.3, -0.25) is 19.8 Å². The third-order valence-electron chi connectivity index (χ3n) is 4.69. The van der Waals surface area contributed by atoms with Crippen molar-refractivity contribution >= 4 is 29.2 Å². The molecule has 8 heteroatoms. The normalized spacial score (nSPS) is 17.1. The molecule has 27 heavy (non-hydrogen) atoms. The van der Waals surface area contributed by atoms with Gasteiger partial charge in [-0.2, -0.15) is 0 Å².